The van der Waals surface area contributed by atoms with Crippen molar-refractivity contribution in [1.29, 1.82) is 0 Å². The molecule has 1 N–H and O–H groups in total. The molecule has 17 heavy (non-hydrogen) atoms. The van der Waals surface area contributed by atoms with Crippen molar-refractivity contribution in [3.63, 3.8) is 0 Å². The van der Waals surface area contributed by atoms with Crippen molar-refractivity contribution in [3.05, 3.63) is 11.9 Å². The zero-order chi connectivity index (χ0) is 13.1. The minimum absolute atomic E-state index is 0.137. The number of carbonyl (C=O) groups is 1. The van der Waals surface area contributed by atoms with Crippen molar-refractivity contribution in [1.82, 2.24) is 5.32 Å². The maximum absolute atomic E-state index is 13.3. The molecule has 0 aromatic heterocycles. The lowest BCUT2D eigenvalue weighted by Gasteiger charge is -2.27. The fourth-order valence-electron chi connectivity index (χ4n) is 1.98. The number of hydrogen-bond donors (Lipinski definition) is 1. The fraction of sp³-hybridized carbons (Fsp3) is 0.727. The van der Waals surface area contributed by atoms with Gasteiger partial charge in [0, 0.05) is 0 Å². The largest absolute Gasteiger partial charge is 0.471 e. The van der Waals surface area contributed by atoms with Gasteiger partial charge >= 0.3 is 12.1 Å². The minimum Gasteiger partial charge on any atom is -0.339 e. The molecule has 6 heteroatoms. The Hall–Kier alpha value is -1.07. The van der Waals surface area contributed by atoms with Gasteiger partial charge in [-0.15, -0.1) is 0 Å². The molecule has 2 unspecified atom stereocenters. The van der Waals surface area contributed by atoms with E-state index >= 15 is 0 Å². The molecule has 1 rings (SSSR count). The summed E-state index contributed by atoms with van der Waals surface area (Å²) in [4.78, 5) is 10.7. The van der Waals surface area contributed by atoms with Crippen molar-refractivity contribution in [2.75, 3.05) is 0 Å². The standard InChI is InChI=1S/C11H15F4NO/c1-2-3-7-4-5-8(12)9(6-7)16-10(17)11(13,14)15/h5,7,9H,2-4,6H2,1H3,(H,16,17). The van der Waals surface area contributed by atoms with Gasteiger partial charge in [0.05, 0.1) is 6.04 Å². The third kappa shape index (κ3) is 4.02. The summed E-state index contributed by atoms with van der Waals surface area (Å²) in [5.41, 5.74) is 0. The SMILES string of the molecule is CCCC1CC=C(F)C(NC(=O)C(F)(F)F)C1. The van der Waals surface area contributed by atoms with Gasteiger partial charge in [-0.1, -0.05) is 25.8 Å². The van der Waals surface area contributed by atoms with E-state index in [0.29, 0.717) is 6.42 Å². The molecule has 0 spiro atoms. The summed E-state index contributed by atoms with van der Waals surface area (Å²) in [7, 11) is 0. The summed E-state index contributed by atoms with van der Waals surface area (Å²) in [6.07, 6.45) is -1.22. The summed E-state index contributed by atoms with van der Waals surface area (Å²) in [6, 6.07) is -1.13. The topological polar surface area (TPSA) is 29.1 Å². The van der Waals surface area contributed by atoms with Crippen LogP contribution in [-0.2, 0) is 4.79 Å². The average Bonchev–Trinajstić information content (AvgIpc) is 2.22. The van der Waals surface area contributed by atoms with Crippen LogP contribution in [-0.4, -0.2) is 18.1 Å². The van der Waals surface area contributed by atoms with Crippen molar-refractivity contribution < 1.29 is 22.4 Å². The molecule has 0 saturated carbocycles. The highest BCUT2D eigenvalue weighted by atomic mass is 19.4. The molecule has 2 atom stereocenters. The third-order valence-corrected chi connectivity index (χ3v) is 2.81. The predicted octanol–water partition coefficient (Wildman–Crippen LogP) is 3.10. The highest BCUT2D eigenvalue weighted by Crippen LogP contribution is 2.28. The second kappa shape index (κ2) is 5.51. The number of allylic oxidation sites excluding steroid dienone is 1. The minimum atomic E-state index is -4.96. The van der Waals surface area contributed by atoms with Gasteiger partial charge in [-0.05, 0) is 18.8 Å². The summed E-state index contributed by atoms with van der Waals surface area (Å²) >= 11 is 0. The first-order valence-electron chi connectivity index (χ1n) is 5.57. The molecular formula is C11H15F4NO. The number of nitrogens with one attached hydrogen (secondary N) is 1. The quantitative estimate of drug-likeness (QED) is 0.769. The van der Waals surface area contributed by atoms with E-state index in [9.17, 15) is 22.4 Å². The first-order chi connectivity index (χ1) is 7.84. The highest BCUT2D eigenvalue weighted by molar-refractivity contribution is 5.82. The van der Waals surface area contributed by atoms with Crippen LogP contribution in [0.2, 0.25) is 0 Å². The van der Waals surface area contributed by atoms with Crippen LogP contribution in [0.1, 0.15) is 32.6 Å². The molecule has 98 valence electrons. The van der Waals surface area contributed by atoms with E-state index in [-0.39, 0.29) is 12.3 Å². The number of rotatable bonds is 3. The Bertz CT molecular complexity index is 311. The number of amides is 1. The predicted molar refractivity (Wildman–Crippen MR) is 54.8 cm³/mol. The van der Waals surface area contributed by atoms with E-state index in [0.717, 1.165) is 12.8 Å². The molecule has 0 radical (unpaired) electrons. The van der Waals surface area contributed by atoms with Crippen LogP contribution in [0.5, 0.6) is 0 Å². The van der Waals surface area contributed by atoms with E-state index in [2.05, 4.69) is 0 Å². The van der Waals surface area contributed by atoms with Gasteiger partial charge in [0.15, 0.2) is 0 Å². The first kappa shape index (κ1) is 14.0. The molecule has 0 fully saturated rings. The summed E-state index contributed by atoms with van der Waals surface area (Å²) in [5.74, 6) is -2.61. The van der Waals surface area contributed by atoms with E-state index in [1.807, 2.05) is 6.92 Å². The van der Waals surface area contributed by atoms with Gasteiger partial charge in [0.25, 0.3) is 0 Å². The Balaban J connectivity index is 2.61. The van der Waals surface area contributed by atoms with Gasteiger partial charge in [-0.3, -0.25) is 4.79 Å². The molecule has 2 nitrogen and oxygen atoms in total. The summed E-state index contributed by atoms with van der Waals surface area (Å²) in [5, 5.41) is 1.69. The molecule has 0 aromatic carbocycles. The molecule has 0 saturated heterocycles. The molecule has 0 aliphatic heterocycles. The zero-order valence-corrected chi connectivity index (χ0v) is 9.48. The fourth-order valence-corrected chi connectivity index (χ4v) is 1.98. The smallest absolute Gasteiger partial charge is 0.339 e. The van der Waals surface area contributed by atoms with Crippen LogP contribution in [0, 0.1) is 5.92 Å². The maximum Gasteiger partial charge on any atom is 0.471 e. The van der Waals surface area contributed by atoms with E-state index < -0.39 is 24.0 Å². The van der Waals surface area contributed by atoms with E-state index in [4.69, 9.17) is 0 Å². The van der Waals surface area contributed by atoms with Crippen LogP contribution in [0.15, 0.2) is 11.9 Å². The van der Waals surface area contributed by atoms with Crippen molar-refractivity contribution in [2.45, 2.75) is 44.8 Å². The van der Waals surface area contributed by atoms with Gasteiger partial charge in [0.1, 0.15) is 5.83 Å². The van der Waals surface area contributed by atoms with Gasteiger partial charge in [0.2, 0.25) is 0 Å². The van der Waals surface area contributed by atoms with Crippen LogP contribution >= 0.6 is 0 Å². The monoisotopic (exact) mass is 253 g/mol. The Morgan fingerprint density at radius 2 is 2.18 bits per heavy atom. The lowest BCUT2D eigenvalue weighted by Crippen LogP contribution is -2.45. The molecule has 1 aliphatic rings. The van der Waals surface area contributed by atoms with Crippen LogP contribution < -0.4 is 5.32 Å². The van der Waals surface area contributed by atoms with Gasteiger partial charge in [-0.25, -0.2) is 4.39 Å². The van der Waals surface area contributed by atoms with Crippen LogP contribution in [0.4, 0.5) is 17.6 Å². The van der Waals surface area contributed by atoms with Crippen molar-refractivity contribution in [2.24, 2.45) is 5.92 Å². The van der Waals surface area contributed by atoms with E-state index in [1.54, 1.807) is 5.32 Å². The molecule has 1 aliphatic carbocycles. The van der Waals surface area contributed by atoms with Crippen molar-refractivity contribution in [3.8, 4) is 0 Å². The second-order valence-corrected chi connectivity index (χ2v) is 4.24. The Kier molecular flexibility index (Phi) is 4.54. The average molecular weight is 253 g/mol. The number of carbonyl (C=O) groups excluding carboxylic acids is 1. The van der Waals surface area contributed by atoms with Crippen LogP contribution in [0.3, 0.4) is 0 Å². The van der Waals surface area contributed by atoms with Gasteiger partial charge in [-0.2, -0.15) is 13.2 Å². The second-order valence-electron chi connectivity index (χ2n) is 4.24. The molecule has 1 amide bonds. The number of alkyl halides is 3. The third-order valence-electron chi connectivity index (χ3n) is 2.81. The highest BCUT2D eigenvalue weighted by Gasteiger charge is 2.41. The lowest BCUT2D eigenvalue weighted by atomic mass is 9.87. The zero-order valence-electron chi connectivity index (χ0n) is 9.48. The number of hydrogen-bond acceptors (Lipinski definition) is 1. The van der Waals surface area contributed by atoms with Crippen LogP contribution in [0.25, 0.3) is 0 Å². The normalized spacial score (nSPS) is 25.4. The molecule has 0 aromatic rings. The lowest BCUT2D eigenvalue weighted by molar-refractivity contribution is -0.174. The molecular weight excluding hydrogens is 238 g/mol. The summed E-state index contributed by atoms with van der Waals surface area (Å²) < 4.78 is 49.4. The van der Waals surface area contributed by atoms with Gasteiger partial charge < -0.3 is 5.32 Å². The van der Waals surface area contributed by atoms with E-state index in [1.165, 1.54) is 6.08 Å². The summed E-state index contributed by atoms with van der Waals surface area (Å²) in [6.45, 7) is 1.96. The Labute approximate surface area is 97.1 Å². The van der Waals surface area contributed by atoms with Crippen molar-refractivity contribution >= 4 is 5.91 Å². The number of halogens is 4. The Morgan fingerprint density at radius 3 is 2.71 bits per heavy atom. The molecule has 0 heterocycles. The molecule has 0 bridgehead atoms. The first-order valence-corrected chi connectivity index (χ1v) is 5.57. The maximum atomic E-state index is 13.3. The Morgan fingerprint density at radius 1 is 1.53 bits per heavy atom.